The summed E-state index contributed by atoms with van der Waals surface area (Å²) in [6, 6.07) is 7.42. The second-order valence-electron chi connectivity index (χ2n) is 7.44. The van der Waals surface area contributed by atoms with Crippen LogP contribution in [-0.2, 0) is 22.1 Å². The first kappa shape index (κ1) is 28.0. The van der Waals surface area contributed by atoms with Gasteiger partial charge < -0.3 is 16.0 Å². The summed E-state index contributed by atoms with van der Waals surface area (Å²) >= 11 is 5.89. The first-order valence-corrected chi connectivity index (χ1v) is 11.5. The van der Waals surface area contributed by atoms with Crippen molar-refractivity contribution in [1.29, 1.82) is 0 Å². The van der Waals surface area contributed by atoms with Gasteiger partial charge in [0.1, 0.15) is 5.82 Å². The van der Waals surface area contributed by atoms with Crippen LogP contribution in [0.25, 0.3) is 0 Å². The highest BCUT2D eigenvalue weighted by Gasteiger charge is 2.33. The molecule has 186 valence electrons. The van der Waals surface area contributed by atoms with Gasteiger partial charge in [-0.1, -0.05) is 23.7 Å². The number of hydrogen-bond acceptors (Lipinski definition) is 4. The number of benzene rings is 2. The molecule has 1 aliphatic heterocycles. The fourth-order valence-electron chi connectivity index (χ4n) is 3.28. The average molecular weight is 542 g/mol. The molecule has 13 heteroatoms. The third-order valence-electron chi connectivity index (χ3n) is 4.92. The van der Waals surface area contributed by atoms with Gasteiger partial charge in [0.25, 0.3) is 5.91 Å². The zero-order chi connectivity index (χ0) is 24.3. The van der Waals surface area contributed by atoms with Crippen LogP contribution in [0.4, 0.5) is 23.2 Å². The minimum absolute atomic E-state index is 0. The minimum Gasteiger partial charge on any atom is -0.352 e. The number of rotatable bonds is 6. The summed E-state index contributed by atoms with van der Waals surface area (Å²) in [5, 5.41) is 2.72. The van der Waals surface area contributed by atoms with Crippen molar-refractivity contribution in [2.75, 3.05) is 17.2 Å². The highest BCUT2D eigenvalue weighted by molar-refractivity contribution is 7.85. The van der Waals surface area contributed by atoms with Crippen molar-refractivity contribution in [3.05, 3.63) is 58.4 Å². The van der Waals surface area contributed by atoms with Crippen molar-refractivity contribution >= 4 is 52.3 Å². The number of nitrogens with two attached hydrogens (primary N) is 1. The Morgan fingerprint density at radius 3 is 2.50 bits per heavy atom. The molecule has 3 N–H and O–H groups in total. The number of anilines is 1. The standard InChI is InChI=1S/C21H20ClF4N3O3S.ClH/c22-13-4-2-12(3-5-13)10-29-17-8-14(19(30)28-7-1-6-21(24,25)26)15(23)9-18(17)33(32)11-16(27)20(29)31;/h2-5,8-9,16H,1,6-7,10-11,27H2,(H,28,30);1H/t16-,33+;/m0./s1. The maximum Gasteiger partial charge on any atom is 0.389 e. The van der Waals surface area contributed by atoms with E-state index in [0.717, 1.165) is 12.1 Å². The molecule has 0 aromatic heterocycles. The van der Waals surface area contributed by atoms with Crippen molar-refractivity contribution in [3.8, 4) is 0 Å². The Hall–Kier alpha value is -2.21. The molecule has 0 aliphatic carbocycles. The van der Waals surface area contributed by atoms with Crippen molar-refractivity contribution < 1.29 is 31.4 Å². The number of amides is 2. The summed E-state index contributed by atoms with van der Waals surface area (Å²) in [6.07, 6.45) is -5.84. The van der Waals surface area contributed by atoms with E-state index in [4.69, 9.17) is 17.3 Å². The van der Waals surface area contributed by atoms with Crippen LogP contribution in [-0.4, -0.2) is 40.5 Å². The van der Waals surface area contributed by atoms with Crippen LogP contribution in [0.1, 0.15) is 28.8 Å². The van der Waals surface area contributed by atoms with E-state index < -0.39 is 52.6 Å². The van der Waals surface area contributed by atoms with Gasteiger partial charge >= 0.3 is 6.18 Å². The number of nitrogens with zero attached hydrogens (tertiary/aromatic N) is 1. The lowest BCUT2D eigenvalue weighted by atomic mass is 10.1. The summed E-state index contributed by atoms with van der Waals surface area (Å²) in [4.78, 5) is 26.6. The molecular weight excluding hydrogens is 521 g/mol. The molecule has 0 fully saturated rings. The van der Waals surface area contributed by atoms with E-state index in [-0.39, 0.29) is 48.3 Å². The number of halogens is 6. The van der Waals surface area contributed by atoms with Crippen LogP contribution in [0.2, 0.25) is 5.02 Å². The smallest absolute Gasteiger partial charge is 0.352 e. The third kappa shape index (κ3) is 6.91. The second-order valence-corrected chi connectivity index (χ2v) is 9.34. The molecule has 0 radical (unpaired) electrons. The van der Waals surface area contributed by atoms with Gasteiger partial charge in [-0.05, 0) is 36.2 Å². The molecule has 6 nitrogen and oxygen atoms in total. The molecule has 0 spiro atoms. The summed E-state index contributed by atoms with van der Waals surface area (Å²) in [7, 11) is -1.82. The Morgan fingerprint density at radius 2 is 1.88 bits per heavy atom. The summed E-state index contributed by atoms with van der Waals surface area (Å²) in [6.45, 7) is -0.328. The van der Waals surface area contributed by atoms with Crippen molar-refractivity contribution in [2.45, 2.75) is 36.5 Å². The van der Waals surface area contributed by atoms with E-state index in [1.807, 2.05) is 0 Å². The zero-order valence-electron chi connectivity index (χ0n) is 17.5. The molecule has 2 amide bonds. The molecule has 1 aliphatic rings. The van der Waals surface area contributed by atoms with Gasteiger partial charge in [0.2, 0.25) is 5.91 Å². The predicted octanol–water partition coefficient (Wildman–Crippen LogP) is 3.95. The van der Waals surface area contributed by atoms with Crippen LogP contribution in [0.5, 0.6) is 0 Å². The fraction of sp³-hybridized carbons (Fsp3) is 0.333. The number of nitrogens with one attached hydrogen (secondary N) is 1. The Kier molecular flexibility index (Phi) is 9.46. The number of hydrogen-bond donors (Lipinski definition) is 2. The van der Waals surface area contributed by atoms with Gasteiger partial charge in [0, 0.05) is 18.0 Å². The van der Waals surface area contributed by atoms with E-state index in [9.17, 15) is 31.4 Å². The first-order valence-electron chi connectivity index (χ1n) is 9.84. The molecule has 3 rings (SSSR count). The molecule has 34 heavy (non-hydrogen) atoms. The minimum atomic E-state index is -4.37. The third-order valence-corrected chi connectivity index (χ3v) is 6.65. The number of carbonyl (C=O) groups is 2. The van der Waals surface area contributed by atoms with E-state index in [0.29, 0.717) is 10.6 Å². The van der Waals surface area contributed by atoms with Crippen molar-refractivity contribution in [3.63, 3.8) is 0 Å². The SMILES string of the molecule is Cl.N[C@H]1C[S@@](=O)c2cc(F)c(C(=O)NCCCC(F)(F)F)cc2N(Cc2ccc(Cl)cc2)C1=O. The van der Waals surface area contributed by atoms with Crippen molar-refractivity contribution in [2.24, 2.45) is 5.73 Å². The summed E-state index contributed by atoms with van der Waals surface area (Å²) < 4.78 is 64.3. The van der Waals surface area contributed by atoms with Crippen molar-refractivity contribution in [1.82, 2.24) is 5.32 Å². The van der Waals surface area contributed by atoms with E-state index in [1.165, 1.54) is 4.90 Å². The Morgan fingerprint density at radius 1 is 1.24 bits per heavy atom. The first-order chi connectivity index (χ1) is 15.5. The van der Waals surface area contributed by atoms with Gasteiger partial charge in [0.05, 0.1) is 45.3 Å². The molecule has 2 aromatic carbocycles. The largest absolute Gasteiger partial charge is 0.389 e. The van der Waals surface area contributed by atoms with Gasteiger partial charge in [-0.3, -0.25) is 13.8 Å². The van der Waals surface area contributed by atoms with Gasteiger partial charge in [-0.2, -0.15) is 13.2 Å². The van der Waals surface area contributed by atoms with Gasteiger partial charge in [-0.25, -0.2) is 4.39 Å². The molecule has 2 aromatic rings. The molecule has 0 saturated carbocycles. The monoisotopic (exact) mass is 541 g/mol. The van der Waals surface area contributed by atoms with Gasteiger partial charge in [-0.15, -0.1) is 12.4 Å². The average Bonchev–Trinajstić information content (AvgIpc) is 2.82. The lowest BCUT2D eigenvalue weighted by Crippen LogP contribution is -2.44. The molecule has 2 atom stereocenters. The van der Waals surface area contributed by atoms with E-state index >= 15 is 0 Å². The van der Waals surface area contributed by atoms with Crippen LogP contribution in [0.15, 0.2) is 41.3 Å². The molecule has 1 heterocycles. The maximum atomic E-state index is 14.7. The Bertz CT molecular complexity index is 1080. The topological polar surface area (TPSA) is 92.5 Å². The highest BCUT2D eigenvalue weighted by Crippen LogP contribution is 2.32. The summed E-state index contributed by atoms with van der Waals surface area (Å²) in [5.74, 6) is -2.76. The highest BCUT2D eigenvalue weighted by atomic mass is 35.5. The number of alkyl halides is 3. The second kappa shape index (κ2) is 11.5. The number of carbonyl (C=O) groups excluding carboxylic acids is 2. The van der Waals surface area contributed by atoms with Crippen LogP contribution in [0, 0.1) is 5.82 Å². The quantitative estimate of drug-likeness (QED) is 0.427. The lowest BCUT2D eigenvalue weighted by Gasteiger charge is -2.25. The molecule has 0 unspecified atom stereocenters. The van der Waals surface area contributed by atoms with Crippen LogP contribution < -0.4 is 16.0 Å². The molecular formula is C21H21Cl2F4N3O3S. The predicted molar refractivity (Wildman–Crippen MR) is 123 cm³/mol. The Labute approximate surface area is 206 Å². The Balaban J connectivity index is 0.00000408. The molecule has 0 saturated heterocycles. The maximum absolute atomic E-state index is 14.7. The van der Waals surface area contributed by atoms with E-state index in [2.05, 4.69) is 5.32 Å². The normalized spacial score (nSPS) is 18.1. The number of fused-ring (bicyclic) bond motifs is 1. The molecule has 0 bridgehead atoms. The summed E-state index contributed by atoms with van der Waals surface area (Å²) in [5.41, 5.74) is 6.11. The van der Waals surface area contributed by atoms with Gasteiger partial charge in [0.15, 0.2) is 0 Å². The zero-order valence-corrected chi connectivity index (χ0v) is 19.9. The van der Waals surface area contributed by atoms with Crippen LogP contribution in [0.3, 0.4) is 0 Å². The van der Waals surface area contributed by atoms with E-state index in [1.54, 1.807) is 24.3 Å². The fourth-order valence-corrected chi connectivity index (χ4v) is 4.69. The van der Waals surface area contributed by atoms with Crippen LogP contribution >= 0.6 is 24.0 Å². The lowest BCUT2D eigenvalue weighted by molar-refractivity contribution is -0.135.